The third-order valence-electron chi connectivity index (χ3n) is 2.37. The lowest BCUT2D eigenvalue weighted by molar-refractivity contribution is 0.0526. The second kappa shape index (κ2) is 6.99. The summed E-state index contributed by atoms with van der Waals surface area (Å²) >= 11 is 0. The Morgan fingerprint density at radius 3 is 2.69 bits per heavy atom. The minimum Gasteiger partial charge on any atom is -0.462 e. The van der Waals surface area contributed by atoms with Crippen LogP contribution in [0.2, 0.25) is 0 Å². The van der Waals surface area contributed by atoms with E-state index in [0.717, 1.165) is 18.5 Å². The number of ether oxygens (including phenoxy) is 1. The Labute approximate surface area is 96.8 Å². The zero-order valence-corrected chi connectivity index (χ0v) is 10.0. The van der Waals surface area contributed by atoms with Gasteiger partial charge in [0.05, 0.1) is 12.2 Å². The molecule has 0 bridgehead atoms. The molecule has 1 aromatic rings. The number of unbranched alkanes of at least 4 members (excludes halogenated alkanes) is 2. The molecule has 1 aromatic heterocycles. The molecule has 0 aliphatic carbocycles. The summed E-state index contributed by atoms with van der Waals surface area (Å²) in [5.41, 5.74) is 1.57. The van der Waals surface area contributed by atoms with Gasteiger partial charge in [-0.15, -0.1) is 0 Å². The van der Waals surface area contributed by atoms with Crippen LogP contribution in [0.5, 0.6) is 0 Å². The first kappa shape index (κ1) is 12.7. The number of carbonyl (C=O) groups is 1. The summed E-state index contributed by atoms with van der Waals surface area (Å²) < 4.78 is 4.89. The number of carbonyl (C=O) groups excluding carboxylic acids is 1. The fraction of sp³-hybridized carbons (Fsp3) is 0.538. The molecule has 16 heavy (non-hydrogen) atoms. The van der Waals surface area contributed by atoms with Crippen molar-refractivity contribution < 1.29 is 9.53 Å². The molecule has 0 saturated heterocycles. The quantitative estimate of drug-likeness (QED) is 0.547. The summed E-state index contributed by atoms with van der Waals surface area (Å²) in [6.07, 6.45) is 6.17. The summed E-state index contributed by atoms with van der Waals surface area (Å²) in [5.74, 6) is -0.296. The molecular formula is C13H19NO2. The lowest BCUT2D eigenvalue weighted by Crippen LogP contribution is -2.05. The number of esters is 1. The first-order valence-electron chi connectivity index (χ1n) is 5.90. The topological polar surface area (TPSA) is 39.2 Å². The Bertz CT molecular complexity index is 319. The van der Waals surface area contributed by atoms with Crippen molar-refractivity contribution in [3.05, 3.63) is 29.6 Å². The summed E-state index contributed by atoms with van der Waals surface area (Å²) in [6, 6.07) is 3.69. The molecule has 0 spiro atoms. The van der Waals surface area contributed by atoms with Crippen molar-refractivity contribution in [2.24, 2.45) is 0 Å². The molecular weight excluding hydrogens is 202 g/mol. The zero-order valence-electron chi connectivity index (χ0n) is 10.0. The third kappa shape index (κ3) is 4.01. The highest BCUT2D eigenvalue weighted by atomic mass is 16.5. The highest BCUT2D eigenvalue weighted by Gasteiger charge is 2.06. The van der Waals surface area contributed by atoms with Crippen molar-refractivity contribution >= 4 is 5.97 Å². The summed E-state index contributed by atoms with van der Waals surface area (Å²) in [6.45, 7) is 4.37. The van der Waals surface area contributed by atoms with Crippen molar-refractivity contribution in [2.75, 3.05) is 6.61 Å². The van der Waals surface area contributed by atoms with Gasteiger partial charge in [-0.1, -0.05) is 19.8 Å². The van der Waals surface area contributed by atoms with Crippen LogP contribution >= 0.6 is 0 Å². The molecule has 0 aromatic carbocycles. The van der Waals surface area contributed by atoms with Crippen LogP contribution in [-0.4, -0.2) is 17.6 Å². The van der Waals surface area contributed by atoms with Crippen molar-refractivity contribution in [1.29, 1.82) is 0 Å². The van der Waals surface area contributed by atoms with Crippen LogP contribution in [0.4, 0.5) is 0 Å². The fourth-order valence-electron chi connectivity index (χ4n) is 1.46. The van der Waals surface area contributed by atoms with E-state index in [4.69, 9.17) is 4.74 Å². The van der Waals surface area contributed by atoms with E-state index in [1.165, 1.54) is 12.8 Å². The van der Waals surface area contributed by atoms with Gasteiger partial charge in [0.25, 0.3) is 0 Å². The highest BCUT2D eigenvalue weighted by molar-refractivity contribution is 5.88. The zero-order chi connectivity index (χ0) is 11.8. The molecule has 0 fully saturated rings. The Hall–Kier alpha value is -1.38. The lowest BCUT2D eigenvalue weighted by atomic mass is 10.1. The Morgan fingerprint density at radius 2 is 2.12 bits per heavy atom. The van der Waals surface area contributed by atoms with Crippen molar-refractivity contribution in [2.45, 2.75) is 39.5 Å². The maximum atomic E-state index is 11.4. The molecule has 1 heterocycles. The van der Waals surface area contributed by atoms with E-state index in [1.807, 2.05) is 6.07 Å². The minimum absolute atomic E-state index is 0.296. The van der Waals surface area contributed by atoms with Gasteiger partial charge in [-0.3, -0.25) is 4.98 Å². The van der Waals surface area contributed by atoms with Crippen LogP contribution in [0.1, 0.15) is 49.2 Å². The standard InChI is InChI=1S/C13H19NO2/c1-3-5-6-7-12-9-8-11(10-14-12)13(15)16-4-2/h8-10H,3-7H2,1-2H3. The smallest absolute Gasteiger partial charge is 0.339 e. The number of rotatable bonds is 6. The van der Waals surface area contributed by atoms with E-state index < -0.39 is 0 Å². The predicted molar refractivity (Wildman–Crippen MR) is 63.4 cm³/mol. The maximum Gasteiger partial charge on any atom is 0.339 e. The van der Waals surface area contributed by atoms with Crippen LogP contribution in [0.3, 0.4) is 0 Å². The van der Waals surface area contributed by atoms with Crippen molar-refractivity contribution in [3.8, 4) is 0 Å². The number of aromatic nitrogens is 1. The Balaban J connectivity index is 2.50. The number of nitrogens with zero attached hydrogens (tertiary/aromatic N) is 1. The lowest BCUT2D eigenvalue weighted by Gasteiger charge is -2.03. The van der Waals surface area contributed by atoms with E-state index in [1.54, 1.807) is 19.2 Å². The van der Waals surface area contributed by atoms with Gasteiger partial charge >= 0.3 is 5.97 Å². The first-order chi connectivity index (χ1) is 7.77. The van der Waals surface area contributed by atoms with Gasteiger partial charge in [-0.25, -0.2) is 4.79 Å². The molecule has 0 aliphatic heterocycles. The second-order valence-corrected chi connectivity index (χ2v) is 3.72. The van der Waals surface area contributed by atoms with Crippen molar-refractivity contribution in [3.63, 3.8) is 0 Å². The van der Waals surface area contributed by atoms with E-state index in [9.17, 15) is 4.79 Å². The Kier molecular flexibility index (Phi) is 5.54. The van der Waals surface area contributed by atoms with Gasteiger partial charge in [0.1, 0.15) is 0 Å². The van der Waals surface area contributed by atoms with Gasteiger partial charge in [0.15, 0.2) is 0 Å². The number of aryl methyl sites for hydroxylation is 1. The molecule has 0 amide bonds. The molecule has 1 rings (SSSR count). The van der Waals surface area contributed by atoms with Crippen LogP contribution in [-0.2, 0) is 11.2 Å². The fourth-order valence-corrected chi connectivity index (χ4v) is 1.46. The minimum atomic E-state index is -0.296. The van der Waals surface area contributed by atoms with Crippen LogP contribution in [0.25, 0.3) is 0 Å². The molecule has 0 radical (unpaired) electrons. The van der Waals surface area contributed by atoms with Crippen LogP contribution in [0, 0.1) is 0 Å². The van der Waals surface area contributed by atoms with Gasteiger partial charge in [0.2, 0.25) is 0 Å². The van der Waals surface area contributed by atoms with Crippen LogP contribution in [0.15, 0.2) is 18.3 Å². The largest absolute Gasteiger partial charge is 0.462 e. The SMILES string of the molecule is CCCCCc1ccc(C(=O)OCC)cn1. The average molecular weight is 221 g/mol. The maximum absolute atomic E-state index is 11.4. The van der Waals surface area contributed by atoms with E-state index in [0.29, 0.717) is 12.2 Å². The summed E-state index contributed by atoms with van der Waals surface area (Å²) in [5, 5.41) is 0. The molecule has 0 saturated carbocycles. The van der Waals surface area contributed by atoms with Crippen LogP contribution < -0.4 is 0 Å². The Morgan fingerprint density at radius 1 is 1.31 bits per heavy atom. The number of pyridine rings is 1. The van der Waals surface area contributed by atoms with Gasteiger partial charge < -0.3 is 4.74 Å². The number of hydrogen-bond acceptors (Lipinski definition) is 3. The molecule has 0 atom stereocenters. The van der Waals surface area contributed by atoms with E-state index >= 15 is 0 Å². The normalized spacial score (nSPS) is 10.1. The molecule has 0 aliphatic rings. The van der Waals surface area contributed by atoms with E-state index in [2.05, 4.69) is 11.9 Å². The number of hydrogen-bond donors (Lipinski definition) is 0. The van der Waals surface area contributed by atoms with Gasteiger partial charge in [0, 0.05) is 11.9 Å². The summed E-state index contributed by atoms with van der Waals surface area (Å²) in [4.78, 5) is 15.6. The highest BCUT2D eigenvalue weighted by Crippen LogP contribution is 2.06. The first-order valence-corrected chi connectivity index (χ1v) is 5.90. The van der Waals surface area contributed by atoms with Gasteiger partial charge in [-0.2, -0.15) is 0 Å². The van der Waals surface area contributed by atoms with E-state index in [-0.39, 0.29) is 5.97 Å². The monoisotopic (exact) mass is 221 g/mol. The molecule has 0 N–H and O–H groups in total. The average Bonchev–Trinajstić information content (AvgIpc) is 2.30. The summed E-state index contributed by atoms with van der Waals surface area (Å²) in [7, 11) is 0. The van der Waals surface area contributed by atoms with Gasteiger partial charge in [-0.05, 0) is 31.9 Å². The molecule has 3 nitrogen and oxygen atoms in total. The molecule has 3 heteroatoms. The third-order valence-corrected chi connectivity index (χ3v) is 2.37. The van der Waals surface area contributed by atoms with Crippen molar-refractivity contribution in [1.82, 2.24) is 4.98 Å². The second-order valence-electron chi connectivity index (χ2n) is 3.72. The predicted octanol–water partition coefficient (Wildman–Crippen LogP) is 2.99. The molecule has 88 valence electrons. The molecule has 0 unspecified atom stereocenters.